The third-order valence-electron chi connectivity index (χ3n) is 3.70. The van der Waals surface area contributed by atoms with Crippen LogP contribution in [0.1, 0.15) is 0 Å². The van der Waals surface area contributed by atoms with Crippen LogP contribution in [0.4, 0.5) is 0 Å². The molecular formula is C15H18Cl3N3O3. The molecule has 1 saturated heterocycles. The average molecular weight is 395 g/mol. The Morgan fingerprint density at radius 1 is 1.08 bits per heavy atom. The van der Waals surface area contributed by atoms with Gasteiger partial charge in [-0.1, -0.05) is 34.8 Å². The van der Waals surface area contributed by atoms with E-state index in [0.717, 1.165) is 0 Å². The van der Waals surface area contributed by atoms with Gasteiger partial charge in [0.1, 0.15) is 5.75 Å². The second kappa shape index (κ2) is 8.76. The fraction of sp³-hybridized carbons (Fsp3) is 0.467. The lowest BCUT2D eigenvalue weighted by molar-refractivity contribution is -0.135. The largest absolute Gasteiger partial charge is 0.482 e. The summed E-state index contributed by atoms with van der Waals surface area (Å²) in [5, 5.41) is 3.52. The van der Waals surface area contributed by atoms with Crippen molar-refractivity contribution in [3.8, 4) is 5.75 Å². The van der Waals surface area contributed by atoms with E-state index in [1.807, 2.05) is 4.90 Å². The fourth-order valence-electron chi connectivity index (χ4n) is 2.28. The van der Waals surface area contributed by atoms with Gasteiger partial charge in [-0.3, -0.25) is 14.5 Å². The Bertz CT molecular complexity index is 619. The van der Waals surface area contributed by atoms with E-state index in [9.17, 15) is 9.59 Å². The highest BCUT2D eigenvalue weighted by Gasteiger charge is 2.22. The molecule has 1 N–H and O–H groups in total. The van der Waals surface area contributed by atoms with Crippen LogP contribution in [0.5, 0.6) is 5.75 Å². The van der Waals surface area contributed by atoms with Crippen molar-refractivity contribution in [2.45, 2.75) is 0 Å². The number of amides is 2. The van der Waals surface area contributed by atoms with Gasteiger partial charge in [-0.05, 0) is 6.07 Å². The van der Waals surface area contributed by atoms with Gasteiger partial charge in [0.25, 0.3) is 5.91 Å². The SMILES string of the molecule is CNC(=O)CN1CCN(C(=O)COc2cc(Cl)c(Cl)cc2Cl)CC1. The van der Waals surface area contributed by atoms with Gasteiger partial charge >= 0.3 is 0 Å². The van der Waals surface area contributed by atoms with Crippen LogP contribution in [0.2, 0.25) is 15.1 Å². The predicted octanol–water partition coefficient (Wildman–Crippen LogP) is 1.92. The molecule has 24 heavy (non-hydrogen) atoms. The molecule has 0 atom stereocenters. The van der Waals surface area contributed by atoms with Crippen LogP contribution in [0.15, 0.2) is 12.1 Å². The van der Waals surface area contributed by atoms with Crippen LogP contribution < -0.4 is 10.1 Å². The topological polar surface area (TPSA) is 61.9 Å². The summed E-state index contributed by atoms with van der Waals surface area (Å²) in [6.07, 6.45) is 0. The number of carbonyl (C=O) groups is 2. The average Bonchev–Trinajstić information content (AvgIpc) is 2.57. The van der Waals surface area contributed by atoms with Crippen molar-refractivity contribution < 1.29 is 14.3 Å². The number of piperazine rings is 1. The lowest BCUT2D eigenvalue weighted by atomic mass is 10.3. The first-order valence-corrected chi connectivity index (χ1v) is 8.52. The number of ether oxygens (including phenoxy) is 1. The molecular weight excluding hydrogens is 377 g/mol. The van der Waals surface area contributed by atoms with Gasteiger partial charge in [0.2, 0.25) is 5.91 Å². The van der Waals surface area contributed by atoms with E-state index < -0.39 is 0 Å². The molecule has 1 fully saturated rings. The van der Waals surface area contributed by atoms with Gasteiger partial charge in [-0.2, -0.15) is 0 Å². The molecule has 2 rings (SSSR count). The van der Waals surface area contributed by atoms with Gasteiger partial charge in [0.15, 0.2) is 6.61 Å². The molecule has 0 aliphatic carbocycles. The van der Waals surface area contributed by atoms with Gasteiger partial charge in [0, 0.05) is 39.3 Å². The number of rotatable bonds is 5. The molecule has 0 unspecified atom stereocenters. The number of hydrogen-bond acceptors (Lipinski definition) is 4. The monoisotopic (exact) mass is 393 g/mol. The molecule has 1 aromatic rings. The minimum absolute atomic E-state index is 0.0348. The third-order valence-corrected chi connectivity index (χ3v) is 4.71. The Kier molecular flexibility index (Phi) is 6.98. The Labute approximate surface area is 155 Å². The zero-order chi connectivity index (χ0) is 17.7. The fourth-order valence-corrected chi connectivity index (χ4v) is 2.87. The van der Waals surface area contributed by atoms with Crippen molar-refractivity contribution in [3.63, 3.8) is 0 Å². The molecule has 1 aliphatic heterocycles. The molecule has 2 amide bonds. The Hall–Kier alpha value is -1.21. The molecule has 0 spiro atoms. The van der Waals surface area contributed by atoms with Crippen LogP contribution in [0, 0.1) is 0 Å². The van der Waals surface area contributed by atoms with Gasteiger partial charge in [0.05, 0.1) is 21.6 Å². The molecule has 0 saturated carbocycles. The van der Waals surface area contributed by atoms with E-state index >= 15 is 0 Å². The summed E-state index contributed by atoms with van der Waals surface area (Å²) in [6, 6.07) is 2.96. The summed E-state index contributed by atoms with van der Waals surface area (Å²) < 4.78 is 5.45. The number of carbonyl (C=O) groups excluding carboxylic acids is 2. The van der Waals surface area contributed by atoms with Crippen LogP contribution >= 0.6 is 34.8 Å². The first-order chi connectivity index (χ1) is 11.4. The predicted molar refractivity (Wildman–Crippen MR) is 94.1 cm³/mol. The quantitative estimate of drug-likeness (QED) is 0.775. The summed E-state index contributed by atoms with van der Waals surface area (Å²) in [6.45, 7) is 2.60. The molecule has 132 valence electrons. The number of benzene rings is 1. The number of hydrogen-bond donors (Lipinski definition) is 1. The van der Waals surface area contributed by atoms with Gasteiger partial charge in [-0.15, -0.1) is 0 Å². The molecule has 1 aromatic carbocycles. The standard InChI is InChI=1S/C15H18Cl3N3O3/c1-19-14(22)8-20-2-4-21(5-3-20)15(23)9-24-13-7-11(17)10(16)6-12(13)18/h6-7H,2-5,8-9H2,1H3,(H,19,22). The lowest BCUT2D eigenvalue weighted by Crippen LogP contribution is -2.51. The zero-order valence-electron chi connectivity index (χ0n) is 13.2. The Morgan fingerprint density at radius 3 is 2.33 bits per heavy atom. The van der Waals surface area contributed by atoms with Gasteiger partial charge < -0.3 is 15.0 Å². The van der Waals surface area contributed by atoms with E-state index in [1.54, 1.807) is 11.9 Å². The second-order valence-corrected chi connectivity index (χ2v) is 6.54. The molecule has 0 radical (unpaired) electrons. The third kappa shape index (κ3) is 5.14. The van der Waals surface area contributed by atoms with Crippen LogP contribution in [-0.2, 0) is 9.59 Å². The number of halogens is 3. The van der Waals surface area contributed by atoms with Crippen molar-refractivity contribution in [1.29, 1.82) is 0 Å². The number of likely N-dealkylation sites (N-methyl/N-ethyl adjacent to an activating group) is 1. The highest BCUT2D eigenvalue weighted by Crippen LogP contribution is 2.33. The van der Waals surface area contributed by atoms with Crippen molar-refractivity contribution in [2.24, 2.45) is 0 Å². The molecule has 0 bridgehead atoms. The minimum Gasteiger partial charge on any atom is -0.482 e. The van der Waals surface area contributed by atoms with Crippen molar-refractivity contribution >= 4 is 46.6 Å². The van der Waals surface area contributed by atoms with Gasteiger partial charge in [-0.25, -0.2) is 0 Å². The van der Waals surface area contributed by atoms with E-state index in [4.69, 9.17) is 39.5 Å². The van der Waals surface area contributed by atoms with Crippen LogP contribution in [0.25, 0.3) is 0 Å². The summed E-state index contributed by atoms with van der Waals surface area (Å²) in [7, 11) is 1.60. The molecule has 6 nitrogen and oxygen atoms in total. The summed E-state index contributed by atoms with van der Waals surface area (Å²) >= 11 is 17.8. The van der Waals surface area contributed by atoms with Crippen molar-refractivity contribution in [3.05, 3.63) is 27.2 Å². The highest BCUT2D eigenvalue weighted by molar-refractivity contribution is 6.43. The molecule has 1 heterocycles. The molecule has 9 heteroatoms. The molecule has 1 aliphatic rings. The lowest BCUT2D eigenvalue weighted by Gasteiger charge is -2.34. The van der Waals surface area contributed by atoms with E-state index in [1.165, 1.54) is 12.1 Å². The first kappa shape index (κ1) is 19.1. The first-order valence-electron chi connectivity index (χ1n) is 7.38. The maximum atomic E-state index is 12.2. The van der Waals surface area contributed by atoms with E-state index in [0.29, 0.717) is 53.5 Å². The molecule has 0 aromatic heterocycles. The van der Waals surface area contributed by atoms with Crippen LogP contribution in [0.3, 0.4) is 0 Å². The minimum atomic E-state index is -0.142. The maximum absolute atomic E-state index is 12.2. The Balaban J connectivity index is 1.82. The van der Waals surface area contributed by atoms with Crippen molar-refractivity contribution in [1.82, 2.24) is 15.1 Å². The highest BCUT2D eigenvalue weighted by atomic mass is 35.5. The summed E-state index contributed by atoms with van der Waals surface area (Å²) in [5.41, 5.74) is 0. The smallest absolute Gasteiger partial charge is 0.260 e. The summed E-state index contributed by atoms with van der Waals surface area (Å²) in [5.74, 6) is 0.141. The van der Waals surface area contributed by atoms with E-state index in [-0.39, 0.29) is 18.4 Å². The number of nitrogens with zero attached hydrogens (tertiary/aromatic N) is 2. The second-order valence-electron chi connectivity index (χ2n) is 5.32. The maximum Gasteiger partial charge on any atom is 0.260 e. The number of nitrogens with one attached hydrogen (secondary N) is 1. The normalized spacial score (nSPS) is 15.2. The van der Waals surface area contributed by atoms with Crippen molar-refractivity contribution in [2.75, 3.05) is 46.4 Å². The summed E-state index contributed by atoms with van der Waals surface area (Å²) in [4.78, 5) is 27.3. The zero-order valence-corrected chi connectivity index (χ0v) is 15.4. The Morgan fingerprint density at radius 2 is 1.71 bits per heavy atom. The van der Waals surface area contributed by atoms with Crippen LogP contribution in [-0.4, -0.2) is 68.0 Å². The van der Waals surface area contributed by atoms with E-state index in [2.05, 4.69) is 5.32 Å².